The Labute approximate surface area is 124 Å². The number of benzene rings is 2. The van der Waals surface area contributed by atoms with Gasteiger partial charge in [0.2, 0.25) is 5.91 Å². The van der Waals surface area contributed by atoms with Crippen LogP contribution in [0.25, 0.3) is 6.08 Å². The third-order valence-electron chi connectivity index (χ3n) is 2.96. The molecule has 0 radical (unpaired) electrons. The molecule has 0 fully saturated rings. The Bertz CT molecular complexity index is 590. The van der Waals surface area contributed by atoms with Crippen LogP contribution in [0, 0.1) is 0 Å². The van der Waals surface area contributed by atoms with Crippen molar-refractivity contribution in [1.29, 1.82) is 0 Å². The average Bonchev–Trinajstić information content (AvgIpc) is 2.47. The zero-order valence-electron chi connectivity index (χ0n) is 11.2. The van der Waals surface area contributed by atoms with Crippen molar-refractivity contribution in [3.8, 4) is 0 Å². The van der Waals surface area contributed by atoms with Crippen molar-refractivity contribution in [2.24, 2.45) is 0 Å². The fourth-order valence-electron chi connectivity index (χ4n) is 1.83. The van der Waals surface area contributed by atoms with Crippen molar-refractivity contribution in [3.63, 3.8) is 0 Å². The minimum atomic E-state index is -0.115. The second-order valence-electron chi connectivity index (χ2n) is 4.53. The molecule has 2 nitrogen and oxygen atoms in total. The molecule has 2 rings (SSSR count). The molecule has 0 heterocycles. The molecule has 1 unspecified atom stereocenters. The van der Waals surface area contributed by atoms with Crippen molar-refractivity contribution in [2.75, 3.05) is 0 Å². The summed E-state index contributed by atoms with van der Waals surface area (Å²) in [4.78, 5) is 11.8. The summed E-state index contributed by atoms with van der Waals surface area (Å²) in [6, 6.07) is 17.1. The largest absolute Gasteiger partial charge is 0.346 e. The summed E-state index contributed by atoms with van der Waals surface area (Å²) in [6.07, 6.45) is 3.34. The van der Waals surface area contributed by atoms with E-state index in [2.05, 4.69) is 5.32 Å². The van der Waals surface area contributed by atoms with Gasteiger partial charge in [0.15, 0.2) is 0 Å². The van der Waals surface area contributed by atoms with E-state index < -0.39 is 0 Å². The van der Waals surface area contributed by atoms with E-state index in [1.54, 1.807) is 12.2 Å². The minimum absolute atomic E-state index is 0.0554. The topological polar surface area (TPSA) is 29.1 Å². The molecule has 0 saturated carbocycles. The molecule has 1 N–H and O–H groups in total. The first-order valence-corrected chi connectivity index (χ1v) is 6.82. The molecule has 0 saturated heterocycles. The Morgan fingerprint density at radius 3 is 2.40 bits per heavy atom. The summed E-state index contributed by atoms with van der Waals surface area (Å²) in [5, 5.41) is 3.61. The summed E-state index contributed by atoms with van der Waals surface area (Å²) >= 11 is 5.84. The van der Waals surface area contributed by atoms with Gasteiger partial charge in [0.25, 0.3) is 0 Å². The van der Waals surface area contributed by atoms with E-state index in [0.717, 1.165) is 11.1 Å². The van der Waals surface area contributed by atoms with Gasteiger partial charge >= 0.3 is 0 Å². The number of nitrogens with one attached hydrogen (secondary N) is 1. The molecule has 102 valence electrons. The van der Waals surface area contributed by atoms with Crippen LogP contribution >= 0.6 is 11.6 Å². The molecule has 1 atom stereocenters. The predicted octanol–water partition coefficient (Wildman–Crippen LogP) is 4.23. The van der Waals surface area contributed by atoms with Gasteiger partial charge in [0.05, 0.1) is 6.04 Å². The van der Waals surface area contributed by atoms with Crippen LogP contribution in [0.1, 0.15) is 24.1 Å². The third kappa shape index (κ3) is 4.25. The number of carbonyl (C=O) groups is 1. The first kappa shape index (κ1) is 14.4. The lowest BCUT2D eigenvalue weighted by Crippen LogP contribution is -2.24. The van der Waals surface area contributed by atoms with Gasteiger partial charge in [-0.1, -0.05) is 54.1 Å². The van der Waals surface area contributed by atoms with Crippen LogP contribution in [-0.4, -0.2) is 5.91 Å². The van der Waals surface area contributed by atoms with Crippen LogP contribution < -0.4 is 5.32 Å². The van der Waals surface area contributed by atoms with Crippen LogP contribution in [0.2, 0.25) is 5.02 Å². The first-order valence-electron chi connectivity index (χ1n) is 6.44. The van der Waals surface area contributed by atoms with E-state index in [4.69, 9.17) is 11.6 Å². The molecule has 0 aliphatic heterocycles. The highest BCUT2D eigenvalue weighted by molar-refractivity contribution is 6.30. The maximum absolute atomic E-state index is 11.8. The van der Waals surface area contributed by atoms with Crippen molar-refractivity contribution in [2.45, 2.75) is 13.0 Å². The average molecular weight is 286 g/mol. The molecule has 0 bridgehead atoms. The maximum Gasteiger partial charge on any atom is 0.244 e. The van der Waals surface area contributed by atoms with Crippen molar-refractivity contribution in [1.82, 2.24) is 5.32 Å². The van der Waals surface area contributed by atoms with Crippen LogP contribution in [0.4, 0.5) is 0 Å². The fourth-order valence-corrected chi connectivity index (χ4v) is 1.96. The summed E-state index contributed by atoms with van der Waals surface area (Å²) in [5.74, 6) is -0.115. The molecular formula is C17H16ClNO. The lowest BCUT2D eigenvalue weighted by Gasteiger charge is -2.12. The van der Waals surface area contributed by atoms with Gasteiger partial charge in [-0.25, -0.2) is 0 Å². The standard InChI is InChI=1S/C17H16ClNO/c1-13(15-8-10-16(18)11-9-15)19-17(20)12-7-14-5-3-2-4-6-14/h2-13H,1H3,(H,19,20)/b12-7+. The van der Waals surface area contributed by atoms with Gasteiger partial charge in [-0.3, -0.25) is 4.79 Å². The van der Waals surface area contributed by atoms with Gasteiger partial charge in [-0.15, -0.1) is 0 Å². The van der Waals surface area contributed by atoms with E-state index in [1.165, 1.54) is 0 Å². The number of hydrogen-bond acceptors (Lipinski definition) is 1. The molecule has 0 spiro atoms. The van der Waals surface area contributed by atoms with Crippen LogP contribution in [-0.2, 0) is 4.79 Å². The van der Waals surface area contributed by atoms with Crippen molar-refractivity contribution < 1.29 is 4.79 Å². The minimum Gasteiger partial charge on any atom is -0.346 e. The highest BCUT2D eigenvalue weighted by Gasteiger charge is 2.06. The fraction of sp³-hybridized carbons (Fsp3) is 0.118. The Morgan fingerprint density at radius 2 is 1.75 bits per heavy atom. The van der Waals surface area contributed by atoms with Crippen LogP contribution in [0.15, 0.2) is 60.7 Å². The first-order chi connectivity index (χ1) is 9.65. The number of amides is 1. The van der Waals surface area contributed by atoms with Gasteiger partial charge in [-0.05, 0) is 36.3 Å². The van der Waals surface area contributed by atoms with Crippen molar-refractivity contribution in [3.05, 3.63) is 76.8 Å². The summed E-state index contributed by atoms with van der Waals surface area (Å²) in [5.41, 5.74) is 2.03. The summed E-state index contributed by atoms with van der Waals surface area (Å²) in [6.45, 7) is 1.94. The Kier molecular flexibility index (Phi) is 4.97. The van der Waals surface area contributed by atoms with Crippen molar-refractivity contribution >= 4 is 23.6 Å². The highest BCUT2D eigenvalue weighted by atomic mass is 35.5. The zero-order chi connectivity index (χ0) is 14.4. The molecule has 0 aromatic heterocycles. The smallest absolute Gasteiger partial charge is 0.244 e. The molecule has 3 heteroatoms. The summed E-state index contributed by atoms with van der Waals surface area (Å²) in [7, 11) is 0. The lowest BCUT2D eigenvalue weighted by molar-refractivity contribution is -0.117. The van der Waals surface area contributed by atoms with E-state index in [-0.39, 0.29) is 11.9 Å². The number of hydrogen-bond donors (Lipinski definition) is 1. The van der Waals surface area contributed by atoms with E-state index >= 15 is 0 Å². The van der Waals surface area contributed by atoms with E-state index in [9.17, 15) is 4.79 Å². The number of carbonyl (C=O) groups excluding carboxylic acids is 1. The maximum atomic E-state index is 11.8. The second-order valence-corrected chi connectivity index (χ2v) is 4.96. The SMILES string of the molecule is CC(NC(=O)/C=C/c1ccccc1)c1ccc(Cl)cc1. The molecule has 2 aromatic rings. The number of halogens is 1. The summed E-state index contributed by atoms with van der Waals surface area (Å²) < 4.78 is 0. The second kappa shape index (κ2) is 6.92. The molecule has 0 aliphatic rings. The van der Waals surface area contributed by atoms with Crippen LogP contribution in [0.5, 0.6) is 0 Å². The zero-order valence-corrected chi connectivity index (χ0v) is 12.0. The molecule has 20 heavy (non-hydrogen) atoms. The van der Waals surface area contributed by atoms with Gasteiger partial charge < -0.3 is 5.32 Å². The van der Waals surface area contributed by atoms with Gasteiger partial charge in [-0.2, -0.15) is 0 Å². The van der Waals surface area contributed by atoms with Gasteiger partial charge in [0, 0.05) is 11.1 Å². The molecule has 1 amide bonds. The number of rotatable bonds is 4. The van der Waals surface area contributed by atoms with Crippen LogP contribution in [0.3, 0.4) is 0 Å². The third-order valence-corrected chi connectivity index (χ3v) is 3.21. The molecular weight excluding hydrogens is 270 g/mol. The van der Waals surface area contributed by atoms with E-state index in [0.29, 0.717) is 5.02 Å². The van der Waals surface area contributed by atoms with E-state index in [1.807, 2.05) is 61.5 Å². The predicted molar refractivity (Wildman–Crippen MR) is 83.5 cm³/mol. The van der Waals surface area contributed by atoms with Gasteiger partial charge in [0.1, 0.15) is 0 Å². The normalized spacial score (nSPS) is 12.3. The quantitative estimate of drug-likeness (QED) is 0.837. The Morgan fingerprint density at radius 1 is 1.10 bits per heavy atom. The monoisotopic (exact) mass is 285 g/mol. The Balaban J connectivity index is 1.94. The molecule has 2 aromatic carbocycles. The molecule has 0 aliphatic carbocycles. The Hall–Kier alpha value is -2.06. The highest BCUT2D eigenvalue weighted by Crippen LogP contribution is 2.15. The lowest BCUT2D eigenvalue weighted by atomic mass is 10.1.